The lowest BCUT2D eigenvalue weighted by Crippen LogP contribution is -2.46. The summed E-state index contributed by atoms with van der Waals surface area (Å²) < 4.78 is 10.5. The third kappa shape index (κ3) is 5.16. The molecule has 1 aliphatic rings. The van der Waals surface area contributed by atoms with Crippen LogP contribution in [0.1, 0.15) is 28.8 Å². The van der Waals surface area contributed by atoms with E-state index in [-0.39, 0.29) is 18.6 Å². The Labute approximate surface area is 169 Å². The third-order valence-corrected chi connectivity index (χ3v) is 4.94. The first kappa shape index (κ1) is 20.0. The third-order valence-electron chi connectivity index (χ3n) is 4.71. The van der Waals surface area contributed by atoms with Gasteiger partial charge in [-0.3, -0.25) is 4.79 Å². The van der Waals surface area contributed by atoms with Gasteiger partial charge in [0, 0.05) is 24.2 Å². The van der Waals surface area contributed by atoms with E-state index in [1.165, 1.54) is 7.11 Å². The van der Waals surface area contributed by atoms with Crippen LogP contribution in [0.5, 0.6) is 5.75 Å². The molecule has 6 nitrogen and oxygen atoms in total. The molecule has 7 heteroatoms. The predicted octanol–water partition coefficient (Wildman–Crippen LogP) is 3.88. The minimum Gasteiger partial charge on any atom is -0.496 e. The van der Waals surface area contributed by atoms with Gasteiger partial charge in [-0.1, -0.05) is 41.9 Å². The minimum atomic E-state index is -0.440. The largest absolute Gasteiger partial charge is 0.496 e. The van der Waals surface area contributed by atoms with Crippen LogP contribution in [0.25, 0.3) is 0 Å². The van der Waals surface area contributed by atoms with E-state index < -0.39 is 6.09 Å². The van der Waals surface area contributed by atoms with E-state index in [4.69, 9.17) is 21.1 Å². The van der Waals surface area contributed by atoms with Crippen LogP contribution in [0.4, 0.5) is 4.79 Å². The van der Waals surface area contributed by atoms with Gasteiger partial charge in [-0.05, 0) is 36.6 Å². The van der Waals surface area contributed by atoms with E-state index in [1.807, 2.05) is 30.3 Å². The molecule has 1 fully saturated rings. The summed E-state index contributed by atoms with van der Waals surface area (Å²) in [5, 5.41) is 3.36. The van der Waals surface area contributed by atoms with Crippen molar-refractivity contribution in [3.05, 3.63) is 64.7 Å². The number of hydrogen-bond acceptors (Lipinski definition) is 4. The molecule has 0 saturated carbocycles. The van der Waals surface area contributed by atoms with Gasteiger partial charge < -0.3 is 19.7 Å². The van der Waals surface area contributed by atoms with Crippen molar-refractivity contribution in [1.82, 2.24) is 10.2 Å². The Morgan fingerprint density at radius 3 is 2.54 bits per heavy atom. The van der Waals surface area contributed by atoms with Gasteiger partial charge in [0.2, 0.25) is 0 Å². The molecule has 0 aromatic heterocycles. The number of nitrogens with one attached hydrogen (secondary N) is 1. The lowest BCUT2D eigenvalue weighted by molar-refractivity contribution is 0.0697. The Morgan fingerprint density at radius 2 is 1.86 bits per heavy atom. The lowest BCUT2D eigenvalue weighted by atomic mass is 10.0. The number of hydrogen-bond donors (Lipinski definition) is 1. The van der Waals surface area contributed by atoms with E-state index in [0.29, 0.717) is 42.3 Å². The highest BCUT2D eigenvalue weighted by atomic mass is 35.5. The molecule has 1 N–H and O–H groups in total. The van der Waals surface area contributed by atoms with Crippen molar-refractivity contribution < 1.29 is 19.1 Å². The van der Waals surface area contributed by atoms with Crippen LogP contribution in [-0.2, 0) is 11.3 Å². The fourth-order valence-corrected chi connectivity index (χ4v) is 3.35. The summed E-state index contributed by atoms with van der Waals surface area (Å²) in [6, 6.07) is 14.5. The van der Waals surface area contributed by atoms with Crippen LogP contribution in [-0.4, -0.2) is 43.1 Å². The summed E-state index contributed by atoms with van der Waals surface area (Å²) in [7, 11) is 1.53. The zero-order valence-corrected chi connectivity index (χ0v) is 16.4. The van der Waals surface area contributed by atoms with Gasteiger partial charge in [0.25, 0.3) is 5.91 Å². The summed E-state index contributed by atoms with van der Waals surface area (Å²) in [6.45, 7) is 1.31. The van der Waals surface area contributed by atoms with Crippen molar-refractivity contribution in [2.24, 2.45) is 0 Å². The number of ether oxygens (including phenoxy) is 2. The molecular formula is C21H23ClN2O4. The Kier molecular flexibility index (Phi) is 6.76. The molecule has 0 atom stereocenters. The number of piperidine rings is 1. The van der Waals surface area contributed by atoms with E-state index >= 15 is 0 Å². The highest BCUT2D eigenvalue weighted by Crippen LogP contribution is 2.25. The molecule has 2 amide bonds. The fraction of sp³-hybridized carbons (Fsp3) is 0.333. The van der Waals surface area contributed by atoms with Gasteiger partial charge in [-0.25, -0.2) is 4.79 Å². The maximum Gasteiger partial charge on any atom is 0.407 e. The molecule has 0 bridgehead atoms. The number of nitrogens with zero attached hydrogens (tertiary/aromatic N) is 1. The van der Waals surface area contributed by atoms with E-state index in [1.54, 1.807) is 23.1 Å². The van der Waals surface area contributed by atoms with Crippen molar-refractivity contribution in [3.8, 4) is 5.75 Å². The first-order valence-electron chi connectivity index (χ1n) is 9.17. The van der Waals surface area contributed by atoms with Crippen molar-refractivity contribution in [1.29, 1.82) is 0 Å². The Hall–Kier alpha value is -2.73. The zero-order valence-electron chi connectivity index (χ0n) is 15.7. The number of methoxy groups -OCH3 is 1. The average molecular weight is 403 g/mol. The number of halogens is 1. The van der Waals surface area contributed by atoms with Crippen molar-refractivity contribution in [3.63, 3.8) is 0 Å². The average Bonchev–Trinajstić information content (AvgIpc) is 2.73. The van der Waals surface area contributed by atoms with Crippen LogP contribution >= 0.6 is 11.6 Å². The summed E-state index contributed by atoms with van der Waals surface area (Å²) in [5.41, 5.74) is 1.39. The Bertz CT molecular complexity index is 820. The lowest BCUT2D eigenvalue weighted by Gasteiger charge is -2.32. The highest BCUT2D eigenvalue weighted by molar-refractivity contribution is 6.31. The Morgan fingerprint density at radius 1 is 1.14 bits per heavy atom. The van der Waals surface area contributed by atoms with Gasteiger partial charge in [-0.15, -0.1) is 0 Å². The molecule has 148 valence electrons. The molecule has 1 heterocycles. The first-order chi connectivity index (χ1) is 13.6. The fourth-order valence-electron chi connectivity index (χ4n) is 3.18. The molecule has 0 spiro atoms. The number of benzene rings is 2. The maximum atomic E-state index is 12.8. The smallest absolute Gasteiger partial charge is 0.407 e. The van der Waals surface area contributed by atoms with Crippen LogP contribution in [0.15, 0.2) is 48.5 Å². The molecule has 3 rings (SSSR count). The van der Waals surface area contributed by atoms with Gasteiger partial charge in [-0.2, -0.15) is 0 Å². The van der Waals surface area contributed by atoms with Gasteiger partial charge >= 0.3 is 6.09 Å². The molecule has 0 unspecified atom stereocenters. The van der Waals surface area contributed by atoms with Crippen molar-refractivity contribution >= 4 is 23.6 Å². The highest BCUT2D eigenvalue weighted by Gasteiger charge is 2.26. The van der Waals surface area contributed by atoms with Crippen LogP contribution in [0, 0.1) is 0 Å². The van der Waals surface area contributed by atoms with Crippen molar-refractivity contribution in [2.45, 2.75) is 25.5 Å². The zero-order chi connectivity index (χ0) is 19.9. The Balaban J connectivity index is 1.48. The number of carbonyl (C=O) groups excluding carboxylic acids is 2. The molecule has 2 aromatic rings. The molecule has 28 heavy (non-hydrogen) atoms. The number of alkyl carbamates (subject to hydrolysis) is 1. The summed E-state index contributed by atoms with van der Waals surface area (Å²) in [5.74, 6) is 0.378. The topological polar surface area (TPSA) is 67.9 Å². The van der Waals surface area contributed by atoms with Crippen LogP contribution < -0.4 is 10.1 Å². The molecule has 1 saturated heterocycles. The van der Waals surface area contributed by atoms with Crippen LogP contribution in [0.3, 0.4) is 0 Å². The van der Waals surface area contributed by atoms with E-state index in [0.717, 1.165) is 5.56 Å². The quantitative estimate of drug-likeness (QED) is 0.824. The SMILES string of the molecule is COc1ccc(Cl)cc1C(=O)N1CCC(NC(=O)OCc2ccccc2)CC1. The second-order valence-electron chi connectivity index (χ2n) is 6.62. The molecule has 0 radical (unpaired) electrons. The first-order valence-corrected chi connectivity index (χ1v) is 9.54. The minimum absolute atomic E-state index is 0.0198. The van der Waals surface area contributed by atoms with E-state index in [9.17, 15) is 9.59 Å². The monoisotopic (exact) mass is 402 g/mol. The van der Waals surface area contributed by atoms with Gasteiger partial charge in [0.15, 0.2) is 0 Å². The number of likely N-dealkylation sites (tertiary alicyclic amines) is 1. The normalized spacial score (nSPS) is 14.4. The van der Waals surface area contributed by atoms with Crippen molar-refractivity contribution in [2.75, 3.05) is 20.2 Å². The van der Waals surface area contributed by atoms with Crippen LogP contribution in [0.2, 0.25) is 5.02 Å². The van der Waals surface area contributed by atoms with Gasteiger partial charge in [0.1, 0.15) is 12.4 Å². The predicted molar refractivity (Wildman–Crippen MR) is 107 cm³/mol. The second kappa shape index (κ2) is 9.46. The summed E-state index contributed by atoms with van der Waals surface area (Å²) in [4.78, 5) is 26.5. The number of amides is 2. The molecule has 0 aliphatic carbocycles. The van der Waals surface area contributed by atoms with Gasteiger partial charge in [0.05, 0.1) is 12.7 Å². The summed E-state index contributed by atoms with van der Waals surface area (Å²) >= 11 is 6.02. The molecular weight excluding hydrogens is 380 g/mol. The molecule has 2 aromatic carbocycles. The second-order valence-corrected chi connectivity index (χ2v) is 7.05. The molecule has 1 aliphatic heterocycles. The number of carbonyl (C=O) groups is 2. The summed E-state index contributed by atoms with van der Waals surface area (Å²) in [6.07, 6.45) is 0.884. The standard InChI is InChI=1S/C21H23ClN2O4/c1-27-19-8-7-16(22)13-18(19)20(25)24-11-9-17(10-12-24)23-21(26)28-14-15-5-3-2-4-6-15/h2-8,13,17H,9-12,14H2,1H3,(H,23,26). The number of rotatable bonds is 5. The van der Waals surface area contributed by atoms with E-state index in [2.05, 4.69) is 5.32 Å². The maximum absolute atomic E-state index is 12.8.